The Kier molecular flexibility index (Phi) is 6.01. The van der Waals surface area contributed by atoms with Gasteiger partial charge >= 0.3 is 156 Å². The summed E-state index contributed by atoms with van der Waals surface area (Å²) in [6, 6.07) is 25.3. The van der Waals surface area contributed by atoms with Crippen molar-refractivity contribution in [2.24, 2.45) is 0 Å². The Bertz CT molecular complexity index is 720. The van der Waals surface area contributed by atoms with Gasteiger partial charge in [-0.25, -0.2) is 0 Å². The molecule has 0 aliphatic rings. The van der Waals surface area contributed by atoms with E-state index in [1.54, 1.807) is 14.2 Å². The second-order valence-electron chi connectivity index (χ2n) is 4.98. The zero-order valence-electron chi connectivity index (χ0n) is 13.6. The first-order valence-corrected chi connectivity index (χ1v) is 10.9. The SMILES string of the molecule is COc1cc([Se]c2ccccc2)c(OC)cc1[Se]c1ccccc1. The van der Waals surface area contributed by atoms with Crippen molar-refractivity contribution in [2.45, 2.75) is 0 Å². The second-order valence-corrected chi connectivity index (χ2v) is 9.66. The van der Waals surface area contributed by atoms with E-state index in [2.05, 4.69) is 60.7 Å². The number of ether oxygens (including phenoxy) is 2. The first-order valence-electron chi connectivity index (χ1n) is 7.52. The summed E-state index contributed by atoms with van der Waals surface area (Å²) >= 11 is 0.385. The zero-order chi connectivity index (χ0) is 16.8. The third-order valence-corrected chi connectivity index (χ3v) is 7.78. The number of benzene rings is 3. The van der Waals surface area contributed by atoms with Gasteiger partial charge in [-0.05, 0) is 0 Å². The summed E-state index contributed by atoms with van der Waals surface area (Å²) in [5.74, 6) is 1.90. The fraction of sp³-hybridized carbons (Fsp3) is 0.100. The Balaban J connectivity index is 1.94. The van der Waals surface area contributed by atoms with Gasteiger partial charge in [0.2, 0.25) is 0 Å². The van der Waals surface area contributed by atoms with Gasteiger partial charge in [-0.15, -0.1) is 0 Å². The third-order valence-electron chi connectivity index (χ3n) is 3.39. The van der Waals surface area contributed by atoms with Gasteiger partial charge in [0, 0.05) is 0 Å². The van der Waals surface area contributed by atoms with E-state index in [4.69, 9.17) is 9.47 Å². The van der Waals surface area contributed by atoms with Crippen molar-refractivity contribution in [3.63, 3.8) is 0 Å². The molecule has 0 bridgehead atoms. The van der Waals surface area contributed by atoms with Gasteiger partial charge in [0.15, 0.2) is 0 Å². The van der Waals surface area contributed by atoms with Crippen molar-refractivity contribution < 1.29 is 9.47 Å². The van der Waals surface area contributed by atoms with Gasteiger partial charge in [-0.1, -0.05) is 0 Å². The molecule has 0 spiro atoms. The second kappa shape index (κ2) is 8.41. The predicted octanol–water partition coefficient (Wildman–Crippen LogP) is 1.01. The quantitative estimate of drug-likeness (QED) is 0.525. The van der Waals surface area contributed by atoms with Crippen molar-refractivity contribution in [1.29, 1.82) is 0 Å². The molecule has 0 radical (unpaired) electrons. The van der Waals surface area contributed by atoms with Crippen LogP contribution in [0.2, 0.25) is 0 Å². The summed E-state index contributed by atoms with van der Waals surface area (Å²) in [4.78, 5) is 0. The Morgan fingerprint density at radius 1 is 0.583 bits per heavy atom. The van der Waals surface area contributed by atoms with E-state index in [0.717, 1.165) is 11.5 Å². The van der Waals surface area contributed by atoms with Crippen LogP contribution in [-0.2, 0) is 0 Å². The molecule has 0 atom stereocenters. The maximum atomic E-state index is 5.67. The van der Waals surface area contributed by atoms with Gasteiger partial charge in [-0.3, -0.25) is 0 Å². The maximum absolute atomic E-state index is 5.67. The molecule has 3 rings (SSSR count). The molecule has 122 valence electrons. The van der Waals surface area contributed by atoms with Crippen molar-refractivity contribution in [3.8, 4) is 11.5 Å². The molecule has 0 amide bonds. The van der Waals surface area contributed by atoms with Crippen LogP contribution in [0, 0.1) is 0 Å². The number of hydrogen-bond donors (Lipinski definition) is 0. The van der Waals surface area contributed by atoms with Crippen LogP contribution in [0.3, 0.4) is 0 Å². The zero-order valence-corrected chi connectivity index (χ0v) is 17.0. The molecule has 0 unspecified atom stereocenters. The molecular weight excluding hydrogens is 430 g/mol. The molecule has 0 heterocycles. The number of rotatable bonds is 6. The molecule has 0 aliphatic heterocycles. The Labute approximate surface area is 155 Å². The fourth-order valence-electron chi connectivity index (χ4n) is 2.23. The summed E-state index contributed by atoms with van der Waals surface area (Å²) in [5, 5.41) is 0. The van der Waals surface area contributed by atoms with E-state index in [1.165, 1.54) is 17.8 Å². The monoisotopic (exact) mass is 450 g/mol. The summed E-state index contributed by atoms with van der Waals surface area (Å²) in [6.45, 7) is 0. The van der Waals surface area contributed by atoms with Crippen molar-refractivity contribution in [2.75, 3.05) is 14.2 Å². The molecular formula is C20H18O2Se2. The molecule has 0 N–H and O–H groups in total. The van der Waals surface area contributed by atoms with Crippen LogP contribution in [0.4, 0.5) is 0 Å². The van der Waals surface area contributed by atoms with E-state index in [9.17, 15) is 0 Å². The van der Waals surface area contributed by atoms with Crippen molar-refractivity contribution >= 4 is 47.8 Å². The van der Waals surface area contributed by atoms with Crippen LogP contribution in [-0.4, -0.2) is 44.1 Å². The van der Waals surface area contributed by atoms with Gasteiger partial charge in [-0.2, -0.15) is 0 Å². The summed E-state index contributed by atoms with van der Waals surface area (Å²) in [5.41, 5.74) is 0. The van der Waals surface area contributed by atoms with E-state index >= 15 is 0 Å². The molecule has 0 fully saturated rings. The Hall–Kier alpha value is -1.70. The molecule has 4 heteroatoms. The fourth-order valence-corrected chi connectivity index (χ4v) is 6.24. The normalized spacial score (nSPS) is 10.4. The summed E-state index contributed by atoms with van der Waals surface area (Å²) in [7, 11) is 3.48. The van der Waals surface area contributed by atoms with Crippen molar-refractivity contribution in [3.05, 3.63) is 72.8 Å². The number of methoxy groups -OCH3 is 2. The molecule has 0 aliphatic carbocycles. The van der Waals surface area contributed by atoms with Crippen LogP contribution >= 0.6 is 0 Å². The predicted molar refractivity (Wildman–Crippen MR) is 102 cm³/mol. The molecule has 0 saturated heterocycles. The van der Waals surface area contributed by atoms with Gasteiger partial charge < -0.3 is 0 Å². The van der Waals surface area contributed by atoms with Gasteiger partial charge in [0.05, 0.1) is 0 Å². The Morgan fingerprint density at radius 3 is 1.29 bits per heavy atom. The molecule has 2 nitrogen and oxygen atoms in total. The van der Waals surface area contributed by atoms with E-state index in [0.29, 0.717) is 0 Å². The standard InChI is InChI=1S/C20H18O2Se2/c1-21-17-13-20(24-16-11-7-4-8-12-16)18(22-2)14-19(17)23-15-9-5-3-6-10-15/h3-14H,1-2H3. The first kappa shape index (κ1) is 17.1. The summed E-state index contributed by atoms with van der Waals surface area (Å²) in [6.07, 6.45) is 0. The van der Waals surface area contributed by atoms with Crippen molar-refractivity contribution in [1.82, 2.24) is 0 Å². The average molecular weight is 448 g/mol. The molecule has 24 heavy (non-hydrogen) atoms. The van der Waals surface area contributed by atoms with E-state index < -0.39 is 0 Å². The molecule has 0 saturated carbocycles. The molecule has 3 aromatic rings. The van der Waals surface area contributed by atoms with Crippen LogP contribution in [0.15, 0.2) is 72.8 Å². The molecule has 0 aromatic heterocycles. The van der Waals surface area contributed by atoms with E-state index in [-0.39, 0.29) is 29.9 Å². The van der Waals surface area contributed by atoms with Crippen LogP contribution in [0.5, 0.6) is 11.5 Å². The third kappa shape index (κ3) is 4.23. The number of hydrogen-bond acceptors (Lipinski definition) is 2. The topological polar surface area (TPSA) is 18.5 Å². The molecule has 3 aromatic carbocycles. The average Bonchev–Trinajstić information content (AvgIpc) is 2.64. The first-order chi connectivity index (χ1) is 11.8. The van der Waals surface area contributed by atoms with Crippen LogP contribution < -0.4 is 27.3 Å². The summed E-state index contributed by atoms with van der Waals surface area (Å²) < 4.78 is 16.4. The van der Waals surface area contributed by atoms with Gasteiger partial charge in [0.1, 0.15) is 0 Å². The van der Waals surface area contributed by atoms with Crippen LogP contribution in [0.25, 0.3) is 0 Å². The Morgan fingerprint density at radius 2 is 0.958 bits per heavy atom. The van der Waals surface area contributed by atoms with E-state index in [1.807, 2.05) is 12.1 Å². The van der Waals surface area contributed by atoms with Crippen LogP contribution in [0.1, 0.15) is 0 Å². The minimum absolute atomic E-state index is 0.193. The van der Waals surface area contributed by atoms with Gasteiger partial charge in [0.25, 0.3) is 0 Å². The minimum atomic E-state index is 0.193.